The Hall–Kier alpha value is 0.548. The van der Waals surface area contributed by atoms with Crippen molar-refractivity contribution in [3.05, 3.63) is 0 Å². The maximum absolute atomic E-state index is 9.10. The number of nitrogens with two attached hydrogens (primary N) is 2. The van der Waals surface area contributed by atoms with Crippen LogP contribution in [0.15, 0.2) is 0 Å². The van der Waals surface area contributed by atoms with Gasteiger partial charge in [0.05, 0.1) is 0 Å². The van der Waals surface area contributed by atoms with Crippen LogP contribution in [0.25, 0.3) is 0 Å². The van der Waals surface area contributed by atoms with Crippen molar-refractivity contribution in [3.63, 3.8) is 0 Å². The van der Waals surface area contributed by atoms with Gasteiger partial charge in [-0.05, 0) is 12.8 Å². The maximum atomic E-state index is 9.10. The van der Waals surface area contributed by atoms with Gasteiger partial charge in [-0.3, -0.25) is 0 Å². The van der Waals surface area contributed by atoms with Crippen molar-refractivity contribution in [3.8, 4) is 0 Å². The van der Waals surface area contributed by atoms with Crippen molar-refractivity contribution < 1.29 is 40.9 Å². The van der Waals surface area contributed by atoms with Gasteiger partial charge in [-0.15, -0.1) is 0 Å². The van der Waals surface area contributed by atoms with E-state index in [4.69, 9.17) is 31.3 Å². The predicted octanol–water partition coefficient (Wildman–Crippen LogP) is -1.28. The molecular weight excluding hydrogens is 406 g/mol. The van der Waals surface area contributed by atoms with Crippen LogP contribution < -0.4 is 11.5 Å². The van der Waals surface area contributed by atoms with Crippen LogP contribution in [0.4, 0.5) is 0 Å². The van der Waals surface area contributed by atoms with Crippen LogP contribution in [0.1, 0.15) is 25.7 Å². The van der Waals surface area contributed by atoms with Crippen LogP contribution in [-0.4, -0.2) is 63.8 Å². The van der Waals surface area contributed by atoms with E-state index < -0.39 is 11.9 Å². The van der Waals surface area contributed by atoms with Gasteiger partial charge in [0.25, 0.3) is 0 Å². The van der Waals surface area contributed by atoms with E-state index in [9.17, 15) is 0 Å². The van der Waals surface area contributed by atoms with Crippen molar-refractivity contribution in [2.45, 2.75) is 37.8 Å². The van der Waals surface area contributed by atoms with E-state index in [1.54, 1.807) is 0 Å². The van der Waals surface area contributed by atoms with E-state index in [2.05, 4.69) is 0 Å². The maximum Gasteiger partial charge on any atom is 0 e. The molecule has 0 amide bonds. The largest absolute Gasteiger partial charge is 0 e. The topological polar surface area (TPSA) is 127 Å². The summed E-state index contributed by atoms with van der Waals surface area (Å²) in [5.74, 6) is -3.65. The quantitative estimate of drug-likeness (QED) is 0.284. The van der Waals surface area contributed by atoms with Gasteiger partial charge in [-0.25, -0.2) is 9.59 Å². The fourth-order valence-corrected chi connectivity index (χ4v) is 1.19. The smallest absolute Gasteiger partial charge is 0 e. The van der Waals surface area contributed by atoms with E-state index in [1.165, 1.54) is 12.8 Å². The van der Waals surface area contributed by atoms with Gasteiger partial charge in [-0.1, -0.05) is 12.8 Å². The molecule has 0 aromatic heterocycles. The minimum absolute atomic E-state index is 0. The summed E-state index contributed by atoms with van der Waals surface area (Å²) in [7, 11) is 0. The molecule has 2 atom stereocenters. The molecule has 6 nitrogen and oxygen atoms in total. The molecule has 1 rings (SSSR count). The molecule has 94 valence electrons. The number of aliphatic carboxylic acids is 2. The van der Waals surface area contributed by atoms with E-state index in [0.717, 1.165) is 12.8 Å². The molecule has 16 heavy (non-hydrogen) atoms. The second-order valence-corrected chi connectivity index (χ2v) is 3.22. The van der Waals surface area contributed by atoms with Gasteiger partial charge in [0.1, 0.15) is 0 Å². The zero-order valence-electron chi connectivity index (χ0n) is 8.16. The van der Waals surface area contributed by atoms with Gasteiger partial charge in [-0.2, -0.15) is 0 Å². The van der Waals surface area contributed by atoms with Crippen LogP contribution in [0.3, 0.4) is 0 Å². The van der Waals surface area contributed by atoms with Crippen molar-refractivity contribution in [2.24, 2.45) is 11.5 Å². The predicted molar refractivity (Wildman–Crippen MR) is 56.8 cm³/mol. The first-order chi connectivity index (χ1) is 6.45. The molecule has 1 aliphatic rings. The summed E-state index contributed by atoms with van der Waals surface area (Å²) in [6, 6.07) is 0.562. The van der Waals surface area contributed by atoms with Crippen LogP contribution in [0.5, 0.6) is 0 Å². The van der Waals surface area contributed by atoms with Crippen LogP contribution in [0, 0.1) is 0 Å². The van der Waals surface area contributed by atoms with Crippen molar-refractivity contribution >= 4 is 41.5 Å². The SMILES string of the molecule is N[C@@H]1CCCC[C@H]1N.O=C(O)C(=O)O.[NaH].[Pt]. The fraction of sp³-hybridized carbons (Fsp3) is 0.750. The molecule has 0 spiro atoms. The molecule has 1 saturated carbocycles. The Labute approximate surface area is 131 Å². The summed E-state index contributed by atoms with van der Waals surface area (Å²) in [6.45, 7) is 0. The molecule has 8 heteroatoms. The number of hydrogen-bond acceptors (Lipinski definition) is 4. The van der Waals surface area contributed by atoms with Crippen LogP contribution >= 0.6 is 0 Å². The van der Waals surface area contributed by atoms with Crippen LogP contribution in [-0.2, 0) is 30.7 Å². The Morgan fingerprint density at radius 1 is 0.938 bits per heavy atom. The Morgan fingerprint density at radius 3 is 1.31 bits per heavy atom. The molecule has 0 saturated heterocycles. The number of carbonyl (C=O) groups is 2. The summed E-state index contributed by atoms with van der Waals surface area (Å²) < 4.78 is 0. The molecule has 0 aliphatic heterocycles. The molecule has 0 heterocycles. The average Bonchev–Trinajstić information content (AvgIpc) is 2.11. The summed E-state index contributed by atoms with van der Waals surface area (Å²) in [5.41, 5.74) is 11.3. The number of carboxylic acid groups (broad SMARTS) is 2. The van der Waals surface area contributed by atoms with E-state index in [-0.39, 0.29) is 62.7 Å². The third kappa shape index (κ3) is 11.0. The Morgan fingerprint density at radius 2 is 1.19 bits per heavy atom. The van der Waals surface area contributed by atoms with E-state index >= 15 is 0 Å². The fourth-order valence-electron chi connectivity index (χ4n) is 1.19. The Bertz CT molecular complexity index is 196. The van der Waals surface area contributed by atoms with Crippen LogP contribution in [0.2, 0.25) is 0 Å². The normalized spacial score (nSPS) is 22.6. The Kier molecular flexibility index (Phi) is 16.4. The Balaban J connectivity index is -0.000000195. The molecule has 0 aromatic carbocycles. The molecular formula is C8H17N2NaO4Pt. The molecule has 0 unspecified atom stereocenters. The van der Waals surface area contributed by atoms with Gasteiger partial charge in [0, 0.05) is 33.1 Å². The summed E-state index contributed by atoms with van der Waals surface area (Å²) >= 11 is 0. The standard InChI is InChI=1S/C6H14N2.C2H2O4.Na.Pt.H/c7-5-3-1-2-4-6(5)8;3-1(4)2(5)6;;;/h5-6H,1-4,7-8H2;(H,3,4)(H,5,6);;;/t5-,6-;;;;/m1..../s1. The third-order valence-corrected chi connectivity index (χ3v) is 2.06. The first-order valence-corrected chi connectivity index (χ1v) is 4.42. The summed E-state index contributed by atoms with van der Waals surface area (Å²) in [6.07, 6.45) is 4.80. The minimum Gasteiger partial charge on any atom is 0 e. The summed E-state index contributed by atoms with van der Waals surface area (Å²) in [4.78, 5) is 18.2. The second-order valence-electron chi connectivity index (χ2n) is 3.22. The number of hydrogen-bond donors (Lipinski definition) is 4. The minimum atomic E-state index is -1.82. The molecule has 6 N–H and O–H groups in total. The second kappa shape index (κ2) is 12.0. The number of rotatable bonds is 0. The van der Waals surface area contributed by atoms with E-state index in [1.807, 2.05) is 0 Å². The van der Waals surface area contributed by atoms with Gasteiger partial charge < -0.3 is 21.7 Å². The molecule has 0 bridgehead atoms. The van der Waals surface area contributed by atoms with Crippen molar-refractivity contribution in [1.82, 2.24) is 0 Å². The monoisotopic (exact) mass is 423 g/mol. The van der Waals surface area contributed by atoms with E-state index in [0.29, 0.717) is 0 Å². The molecule has 1 fully saturated rings. The number of carboxylic acids is 2. The van der Waals surface area contributed by atoms with Crippen molar-refractivity contribution in [1.29, 1.82) is 0 Å². The molecule has 0 radical (unpaired) electrons. The summed E-state index contributed by atoms with van der Waals surface area (Å²) in [5, 5.41) is 14.8. The van der Waals surface area contributed by atoms with Gasteiger partial charge >= 0.3 is 41.5 Å². The zero-order chi connectivity index (χ0) is 11.1. The van der Waals surface area contributed by atoms with Crippen molar-refractivity contribution in [2.75, 3.05) is 0 Å². The van der Waals surface area contributed by atoms with Gasteiger partial charge in [0.2, 0.25) is 0 Å². The first kappa shape index (κ1) is 21.8. The first-order valence-electron chi connectivity index (χ1n) is 4.42. The zero-order valence-corrected chi connectivity index (χ0v) is 10.4. The third-order valence-electron chi connectivity index (χ3n) is 2.06. The average molecular weight is 423 g/mol. The van der Waals surface area contributed by atoms with Gasteiger partial charge in [0.15, 0.2) is 0 Å². The molecule has 1 aliphatic carbocycles. The molecule has 0 aromatic rings.